The zero-order valence-electron chi connectivity index (χ0n) is 18.2. The molecule has 1 N–H and O–H groups in total. The number of benzene rings is 2. The van der Waals surface area contributed by atoms with Crippen LogP contribution in [-0.2, 0) is 21.4 Å². The molecule has 1 aliphatic heterocycles. The van der Waals surface area contributed by atoms with Gasteiger partial charge in [0.05, 0.1) is 16.5 Å². The quantitative estimate of drug-likeness (QED) is 0.523. The van der Waals surface area contributed by atoms with Crippen molar-refractivity contribution in [3.8, 4) is 5.75 Å². The smallest absolute Gasteiger partial charge is 0.323 e. The minimum absolute atomic E-state index is 0.00755. The molecule has 0 amide bonds. The fourth-order valence-electron chi connectivity index (χ4n) is 4.24. The number of carboxylic acids is 1. The first-order valence-electron chi connectivity index (χ1n) is 10.5. The number of hydrogen-bond donors (Lipinski definition) is 1. The molecule has 0 spiro atoms. The highest BCUT2D eigenvalue weighted by Gasteiger charge is 2.35. The van der Waals surface area contributed by atoms with Crippen molar-refractivity contribution < 1.29 is 27.4 Å². The second-order valence-electron chi connectivity index (χ2n) is 8.38. The van der Waals surface area contributed by atoms with E-state index in [2.05, 4.69) is 0 Å². The monoisotopic (exact) mass is 494 g/mol. The van der Waals surface area contributed by atoms with Crippen LogP contribution >= 0.6 is 11.6 Å². The molecule has 1 fully saturated rings. The summed E-state index contributed by atoms with van der Waals surface area (Å²) in [6.07, 6.45) is 2.08. The third kappa shape index (κ3) is 4.71. The first kappa shape index (κ1) is 23.5. The van der Waals surface area contributed by atoms with E-state index in [1.807, 2.05) is 6.07 Å². The number of carboxylic acid groups (broad SMARTS) is 1. The predicted octanol–water partition coefficient (Wildman–Crippen LogP) is 4.48. The molecule has 1 unspecified atom stereocenters. The van der Waals surface area contributed by atoms with Crippen LogP contribution in [0.3, 0.4) is 0 Å². The minimum Gasteiger partial charge on any atom is -0.488 e. The van der Waals surface area contributed by atoms with Crippen LogP contribution in [0.15, 0.2) is 47.5 Å². The van der Waals surface area contributed by atoms with E-state index in [9.17, 15) is 22.7 Å². The second-order valence-corrected chi connectivity index (χ2v) is 10.7. The molecular weight excluding hydrogens is 471 g/mol. The van der Waals surface area contributed by atoms with E-state index in [4.69, 9.17) is 16.3 Å². The van der Waals surface area contributed by atoms with E-state index in [0.717, 1.165) is 17.0 Å². The molecule has 1 aromatic heterocycles. The van der Waals surface area contributed by atoms with E-state index >= 15 is 0 Å². The van der Waals surface area contributed by atoms with Crippen molar-refractivity contribution in [1.29, 1.82) is 0 Å². The molecule has 7 nitrogen and oxygen atoms in total. The minimum atomic E-state index is -3.90. The van der Waals surface area contributed by atoms with Gasteiger partial charge in [-0.2, -0.15) is 4.31 Å². The average Bonchev–Trinajstić information content (AvgIpc) is 3.34. The number of nitrogens with zero attached hydrogens (tertiary/aromatic N) is 2. The van der Waals surface area contributed by atoms with Crippen LogP contribution in [0.5, 0.6) is 5.75 Å². The second kappa shape index (κ2) is 8.96. The van der Waals surface area contributed by atoms with E-state index in [1.54, 1.807) is 36.7 Å². The van der Waals surface area contributed by atoms with Gasteiger partial charge in [-0.25, -0.2) is 12.8 Å². The molecule has 3 aromatic rings. The number of hydrogen-bond acceptors (Lipinski definition) is 4. The number of sulfonamides is 1. The van der Waals surface area contributed by atoms with Gasteiger partial charge in [0.1, 0.15) is 6.54 Å². The fourth-order valence-corrected chi connectivity index (χ4v) is 5.92. The first-order chi connectivity index (χ1) is 15.6. The highest BCUT2D eigenvalue weighted by atomic mass is 35.5. The van der Waals surface area contributed by atoms with E-state index in [1.165, 1.54) is 16.4 Å². The lowest BCUT2D eigenvalue weighted by molar-refractivity contribution is -0.137. The highest BCUT2D eigenvalue weighted by molar-refractivity contribution is 7.89. The molecule has 1 saturated heterocycles. The predicted molar refractivity (Wildman–Crippen MR) is 123 cm³/mol. The van der Waals surface area contributed by atoms with Gasteiger partial charge in [0.2, 0.25) is 10.0 Å². The van der Waals surface area contributed by atoms with Gasteiger partial charge >= 0.3 is 5.97 Å². The Morgan fingerprint density at radius 1 is 1.27 bits per heavy atom. The van der Waals surface area contributed by atoms with Crippen molar-refractivity contribution in [3.63, 3.8) is 0 Å². The maximum Gasteiger partial charge on any atom is 0.323 e. The van der Waals surface area contributed by atoms with Gasteiger partial charge in [-0.1, -0.05) is 17.7 Å². The third-order valence-electron chi connectivity index (χ3n) is 5.68. The maximum absolute atomic E-state index is 14.4. The summed E-state index contributed by atoms with van der Waals surface area (Å²) in [4.78, 5) is 11.2. The van der Waals surface area contributed by atoms with Crippen LogP contribution in [0, 0.1) is 5.82 Å². The normalized spacial score (nSPS) is 17.2. The van der Waals surface area contributed by atoms with Crippen molar-refractivity contribution in [2.24, 2.45) is 0 Å². The molecule has 4 rings (SSSR count). The summed E-state index contributed by atoms with van der Waals surface area (Å²) in [6.45, 7) is 3.78. The van der Waals surface area contributed by atoms with Crippen LogP contribution in [0.25, 0.3) is 10.9 Å². The summed E-state index contributed by atoms with van der Waals surface area (Å²) in [7, 11) is -3.90. The number of aromatic nitrogens is 1. The van der Waals surface area contributed by atoms with E-state index in [0.29, 0.717) is 17.0 Å². The van der Waals surface area contributed by atoms with Gasteiger partial charge in [-0.3, -0.25) is 4.79 Å². The maximum atomic E-state index is 14.4. The van der Waals surface area contributed by atoms with Crippen LogP contribution in [0.4, 0.5) is 4.39 Å². The van der Waals surface area contributed by atoms with Crippen molar-refractivity contribution in [1.82, 2.24) is 8.87 Å². The Morgan fingerprint density at radius 3 is 2.70 bits per heavy atom. The first-order valence-corrected chi connectivity index (χ1v) is 12.3. The molecule has 1 atom stereocenters. The lowest BCUT2D eigenvalue weighted by Crippen LogP contribution is -2.28. The van der Waals surface area contributed by atoms with Crippen molar-refractivity contribution >= 4 is 38.5 Å². The Bertz CT molecular complexity index is 1320. The number of fused-ring (bicyclic) bond motifs is 1. The van der Waals surface area contributed by atoms with E-state index in [-0.39, 0.29) is 42.3 Å². The standard InChI is InChI=1S/C23H24ClFN2O5S/c1-14(2)32-22-6-4-17(10-20(22)25)33(30,31)27-8-7-15(11-27)19-12-26(13-23(28)29)21-9-16(24)3-5-18(19)21/h3-6,9-10,12,14-15H,7-8,11,13H2,1-2H3,(H,28,29). The Balaban J connectivity index is 1.61. The SMILES string of the molecule is CC(C)Oc1ccc(S(=O)(=O)N2CCC(c3cn(CC(=O)O)c4cc(Cl)ccc34)C2)cc1F. The Kier molecular flexibility index (Phi) is 6.39. The Morgan fingerprint density at radius 2 is 2.03 bits per heavy atom. The summed E-state index contributed by atoms with van der Waals surface area (Å²) < 4.78 is 49.1. The van der Waals surface area contributed by atoms with Gasteiger partial charge in [0, 0.05) is 35.6 Å². The van der Waals surface area contributed by atoms with Gasteiger partial charge in [0.15, 0.2) is 11.6 Å². The van der Waals surface area contributed by atoms with Gasteiger partial charge in [0.25, 0.3) is 0 Å². The summed E-state index contributed by atoms with van der Waals surface area (Å²) >= 11 is 6.11. The van der Waals surface area contributed by atoms with Crippen LogP contribution in [-0.4, -0.2) is 47.6 Å². The molecule has 0 aliphatic carbocycles. The number of aliphatic carboxylic acids is 1. The van der Waals surface area contributed by atoms with Gasteiger partial charge < -0.3 is 14.4 Å². The number of rotatable bonds is 7. The summed E-state index contributed by atoms with van der Waals surface area (Å²) in [5, 5.41) is 10.6. The zero-order valence-corrected chi connectivity index (χ0v) is 19.7. The molecule has 176 valence electrons. The average molecular weight is 495 g/mol. The fraction of sp³-hybridized carbons (Fsp3) is 0.348. The van der Waals surface area contributed by atoms with Crippen molar-refractivity contribution in [3.05, 3.63) is 59.0 Å². The molecule has 2 aromatic carbocycles. The summed E-state index contributed by atoms with van der Waals surface area (Å²) in [5.74, 6) is -1.84. The van der Waals surface area contributed by atoms with Crippen LogP contribution in [0.2, 0.25) is 5.02 Å². The summed E-state index contributed by atoms with van der Waals surface area (Å²) in [5.41, 5.74) is 1.55. The summed E-state index contributed by atoms with van der Waals surface area (Å²) in [6, 6.07) is 8.93. The topological polar surface area (TPSA) is 88.8 Å². The molecule has 1 aliphatic rings. The molecule has 0 radical (unpaired) electrons. The molecule has 33 heavy (non-hydrogen) atoms. The number of halogens is 2. The molecule has 10 heteroatoms. The van der Waals surface area contributed by atoms with Gasteiger partial charge in [-0.05, 0) is 56.2 Å². The molecule has 0 saturated carbocycles. The van der Waals surface area contributed by atoms with Crippen molar-refractivity contribution in [2.45, 2.75) is 43.7 Å². The molecule has 0 bridgehead atoms. The number of carbonyl (C=O) groups is 1. The van der Waals surface area contributed by atoms with Crippen LogP contribution in [0.1, 0.15) is 31.7 Å². The van der Waals surface area contributed by atoms with Crippen molar-refractivity contribution in [2.75, 3.05) is 13.1 Å². The number of ether oxygens (including phenoxy) is 1. The zero-order chi connectivity index (χ0) is 23.9. The lowest BCUT2D eigenvalue weighted by Gasteiger charge is -2.18. The third-order valence-corrected chi connectivity index (χ3v) is 7.77. The Hall–Kier alpha value is -2.62. The Labute approximate surface area is 196 Å². The van der Waals surface area contributed by atoms with Crippen LogP contribution < -0.4 is 4.74 Å². The van der Waals surface area contributed by atoms with Gasteiger partial charge in [-0.15, -0.1) is 0 Å². The molecular formula is C23H24ClFN2O5S. The lowest BCUT2D eigenvalue weighted by atomic mass is 9.98. The van der Waals surface area contributed by atoms with E-state index < -0.39 is 21.8 Å². The largest absolute Gasteiger partial charge is 0.488 e. The molecule has 2 heterocycles. The highest BCUT2D eigenvalue weighted by Crippen LogP contribution is 2.37.